The molecule has 26 heavy (non-hydrogen) atoms. The zero-order valence-corrected chi connectivity index (χ0v) is 16.1. The van der Waals surface area contributed by atoms with E-state index >= 15 is 0 Å². The maximum absolute atomic E-state index is 12.2. The Balaban J connectivity index is 1.72. The van der Waals surface area contributed by atoms with Crippen LogP contribution in [0.5, 0.6) is 0 Å². The standard InChI is InChI=1S/C22H23ClN2O/c1-22(2,3)17-11-8-15(9-12-17)10-13-20(26)24-19-14-16-6-4-5-7-18(16)25-21(19)23/h6-14H,4-5H2,1-3H3,(H,24,26)/b13-10+. The number of rotatable bonds is 3. The maximum Gasteiger partial charge on any atom is 0.248 e. The van der Waals surface area contributed by atoms with Gasteiger partial charge in [-0.3, -0.25) is 4.79 Å². The highest BCUT2D eigenvalue weighted by atomic mass is 35.5. The molecule has 0 bridgehead atoms. The summed E-state index contributed by atoms with van der Waals surface area (Å²) in [5.41, 5.74) is 2.89. The Labute approximate surface area is 159 Å². The Morgan fingerprint density at radius 3 is 2.54 bits per heavy atom. The number of hydrogen-bond acceptors (Lipinski definition) is 2. The third-order valence-electron chi connectivity index (χ3n) is 4.37. The zero-order chi connectivity index (χ0) is 18.7. The lowest BCUT2D eigenvalue weighted by molar-refractivity contribution is -0.111. The molecule has 0 radical (unpaired) electrons. The highest BCUT2D eigenvalue weighted by Gasteiger charge is 2.12. The van der Waals surface area contributed by atoms with Gasteiger partial charge in [-0.25, -0.2) is 4.98 Å². The van der Waals surface area contributed by atoms with Crippen molar-refractivity contribution in [3.05, 3.63) is 63.3 Å². The topological polar surface area (TPSA) is 42.0 Å². The van der Waals surface area contributed by atoms with Crippen molar-refractivity contribution in [2.45, 2.75) is 39.0 Å². The van der Waals surface area contributed by atoms with Crippen molar-refractivity contribution in [2.75, 3.05) is 5.32 Å². The van der Waals surface area contributed by atoms with E-state index < -0.39 is 0 Å². The molecule has 1 N–H and O–H groups in total. The smallest absolute Gasteiger partial charge is 0.248 e. The van der Waals surface area contributed by atoms with E-state index in [9.17, 15) is 4.79 Å². The number of anilines is 1. The van der Waals surface area contributed by atoms with Crippen molar-refractivity contribution >= 4 is 41.4 Å². The van der Waals surface area contributed by atoms with Crippen LogP contribution in [0, 0.1) is 0 Å². The quantitative estimate of drug-likeness (QED) is 0.658. The van der Waals surface area contributed by atoms with E-state index in [0.717, 1.165) is 29.0 Å². The number of benzene rings is 1. The van der Waals surface area contributed by atoms with Gasteiger partial charge in [0.1, 0.15) is 0 Å². The number of aromatic nitrogens is 1. The molecule has 0 saturated carbocycles. The summed E-state index contributed by atoms with van der Waals surface area (Å²) < 4.78 is 0. The van der Waals surface area contributed by atoms with E-state index in [4.69, 9.17) is 11.6 Å². The summed E-state index contributed by atoms with van der Waals surface area (Å²) in [7, 11) is 0. The molecule has 1 aliphatic carbocycles. The monoisotopic (exact) mass is 366 g/mol. The average Bonchev–Trinajstić information content (AvgIpc) is 2.60. The number of carbonyl (C=O) groups is 1. The first-order chi connectivity index (χ1) is 12.3. The fraction of sp³-hybridized carbons (Fsp3) is 0.273. The van der Waals surface area contributed by atoms with E-state index in [1.54, 1.807) is 6.08 Å². The molecule has 0 aliphatic heterocycles. The summed E-state index contributed by atoms with van der Waals surface area (Å²) in [5.74, 6) is -0.228. The van der Waals surface area contributed by atoms with Crippen LogP contribution in [0.15, 0.2) is 36.4 Å². The van der Waals surface area contributed by atoms with E-state index in [-0.39, 0.29) is 11.3 Å². The van der Waals surface area contributed by atoms with E-state index in [0.29, 0.717) is 10.8 Å². The number of pyridine rings is 1. The molecule has 3 nitrogen and oxygen atoms in total. The summed E-state index contributed by atoms with van der Waals surface area (Å²) in [4.78, 5) is 16.6. The van der Waals surface area contributed by atoms with Gasteiger partial charge in [0.2, 0.25) is 5.91 Å². The molecule has 2 aromatic rings. The van der Waals surface area contributed by atoms with Crippen LogP contribution < -0.4 is 15.9 Å². The fourth-order valence-corrected chi connectivity index (χ4v) is 3.03. The van der Waals surface area contributed by atoms with Gasteiger partial charge in [0.05, 0.1) is 11.0 Å². The van der Waals surface area contributed by atoms with Crippen LogP contribution in [0.25, 0.3) is 18.2 Å². The Kier molecular flexibility index (Phi) is 5.28. The Morgan fingerprint density at radius 1 is 1.15 bits per heavy atom. The van der Waals surface area contributed by atoms with Crippen LogP contribution in [-0.4, -0.2) is 10.9 Å². The van der Waals surface area contributed by atoms with Gasteiger partial charge in [0.25, 0.3) is 0 Å². The molecule has 4 heteroatoms. The molecule has 0 spiro atoms. The first-order valence-corrected chi connectivity index (χ1v) is 9.17. The molecule has 0 unspecified atom stereocenters. The molecule has 0 fully saturated rings. The van der Waals surface area contributed by atoms with Crippen molar-refractivity contribution in [1.82, 2.24) is 4.98 Å². The Bertz CT molecular complexity index is 967. The second-order valence-corrected chi connectivity index (χ2v) is 7.84. The lowest BCUT2D eigenvalue weighted by Crippen LogP contribution is -2.31. The minimum absolute atomic E-state index is 0.115. The number of fused-ring (bicyclic) bond motifs is 1. The van der Waals surface area contributed by atoms with Gasteiger partial charge < -0.3 is 5.32 Å². The van der Waals surface area contributed by atoms with Gasteiger partial charge in [-0.05, 0) is 46.7 Å². The summed E-state index contributed by atoms with van der Waals surface area (Å²) in [6.45, 7) is 6.53. The van der Waals surface area contributed by atoms with Gasteiger partial charge in [-0.1, -0.05) is 68.8 Å². The highest BCUT2D eigenvalue weighted by molar-refractivity contribution is 6.32. The molecule has 1 aromatic heterocycles. The van der Waals surface area contributed by atoms with Gasteiger partial charge in [0, 0.05) is 6.08 Å². The number of halogens is 1. The molecule has 1 heterocycles. The van der Waals surface area contributed by atoms with Crippen molar-refractivity contribution in [1.29, 1.82) is 0 Å². The zero-order valence-electron chi connectivity index (χ0n) is 15.3. The first-order valence-electron chi connectivity index (χ1n) is 8.79. The Hall–Kier alpha value is -2.39. The van der Waals surface area contributed by atoms with E-state index in [1.165, 1.54) is 11.6 Å². The summed E-state index contributed by atoms with van der Waals surface area (Å²) in [6, 6.07) is 10.1. The minimum Gasteiger partial charge on any atom is -0.320 e. The van der Waals surface area contributed by atoms with Crippen LogP contribution >= 0.6 is 11.6 Å². The predicted molar refractivity (Wildman–Crippen MR) is 109 cm³/mol. The third kappa shape index (κ3) is 4.41. The van der Waals surface area contributed by atoms with Gasteiger partial charge in [0.15, 0.2) is 5.15 Å². The number of nitrogens with zero attached hydrogens (tertiary/aromatic N) is 1. The lowest BCUT2D eigenvalue weighted by Gasteiger charge is -2.18. The summed E-state index contributed by atoms with van der Waals surface area (Å²) in [6.07, 6.45) is 9.43. The van der Waals surface area contributed by atoms with Crippen molar-refractivity contribution in [3.63, 3.8) is 0 Å². The molecule has 0 saturated heterocycles. The van der Waals surface area contributed by atoms with Crippen molar-refractivity contribution in [3.8, 4) is 0 Å². The van der Waals surface area contributed by atoms with Gasteiger partial charge in [-0.2, -0.15) is 0 Å². The number of carbonyl (C=O) groups excluding carboxylic acids is 1. The van der Waals surface area contributed by atoms with Crippen LogP contribution in [0.3, 0.4) is 0 Å². The summed E-state index contributed by atoms with van der Waals surface area (Å²) >= 11 is 6.20. The molecule has 1 amide bonds. The Morgan fingerprint density at radius 2 is 1.85 bits per heavy atom. The lowest BCUT2D eigenvalue weighted by atomic mass is 9.87. The van der Waals surface area contributed by atoms with Crippen LogP contribution in [0.4, 0.5) is 5.69 Å². The van der Waals surface area contributed by atoms with Crippen LogP contribution in [0.2, 0.25) is 5.15 Å². The number of amides is 1. The third-order valence-corrected chi connectivity index (χ3v) is 4.65. The molecule has 3 rings (SSSR count). The SMILES string of the molecule is CC(C)(C)c1ccc(/C=C/C(=O)Nc2cc3c(nc2Cl)=CCCC=3)cc1. The molecule has 0 atom stereocenters. The maximum atomic E-state index is 12.2. The molecule has 1 aromatic carbocycles. The second-order valence-electron chi connectivity index (χ2n) is 7.48. The predicted octanol–water partition coefficient (Wildman–Crippen LogP) is 4.04. The van der Waals surface area contributed by atoms with Crippen molar-refractivity contribution in [2.24, 2.45) is 0 Å². The normalized spacial score (nSPS) is 13.7. The molecule has 1 aliphatic rings. The molecular weight excluding hydrogens is 344 g/mol. The van der Waals surface area contributed by atoms with Crippen LogP contribution in [-0.2, 0) is 10.2 Å². The number of nitrogens with one attached hydrogen (secondary N) is 1. The second kappa shape index (κ2) is 7.46. The number of hydrogen-bond donors (Lipinski definition) is 1. The largest absolute Gasteiger partial charge is 0.320 e. The van der Waals surface area contributed by atoms with Crippen LogP contribution in [0.1, 0.15) is 44.7 Å². The molecule has 134 valence electrons. The molecular formula is C22H23ClN2O. The fourth-order valence-electron chi connectivity index (χ4n) is 2.83. The van der Waals surface area contributed by atoms with Gasteiger partial charge >= 0.3 is 0 Å². The average molecular weight is 367 g/mol. The highest BCUT2D eigenvalue weighted by Crippen LogP contribution is 2.22. The minimum atomic E-state index is -0.228. The van der Waals surface area contributed by atoms with E-state index in [1.807, 2.05) is 18.2 Å². The summed E-state index contributed by atoms with van der Waals surface area (Å²) in [5, 5.41) is 5.02. The van der Waals surface area contributed by atoms with Gasteiger partial charge in [-0.15, -0.1) is 0 Å². The van der Waals surface area contributed by atoms with E-state index in [2.05, 4.69) is 55.4 Å². The first kappa shape index (κ1) is 18.4. The van der Waals surface area contributed by atoms with Crippen molar-refractivity contribution < 1.29 is 4.79 Å².